The summed E-state index contributed by atoms with van der Waals surface area (Å²) in [6.45, 7) is 7.39. The smallest absolute Gasteiger partial charge is 0.230 e. The van der Waals surface area contributed by atoms with E-state index in [9.17, 15) is 4.79 Å². The standard InChI is InChI=1S/C16H24N2O2/c1-15(2,12-4-6-13(17)7-5-12)14(19)18-16(3)8-10-20-11-9-16/h4-7H,8-11,17H2,1-3H3,(H,18,19). The number of ether oxygens (including phenoxy) is 1. The van der Waals surface area contributed by atoms with E-state index in [0.717, 1.165) is 18.4 Å². The van der Waals surface area contributed by atoms with Gasteiger partial charge in [-0.2, -0.15) is 0 Å². The van der Waals surface area contributed by atoms with Crippen LogP contribution < -0.4 is 11.1 Å². The molecule has 0 bridgehead atoms. The molecule has 1 aromatic carbocycles. The van der Waals surface area contributed by atoms with Gasteiger partial charge >= 0.3 is 0 Å². The van der Waals surface area contributed by atoms with Crippen LogP contribution in [0.2, 0.25) is 0 Å². The van der Waals surface area contributed by atoms with E-state index in [-0.39, 0.29) is 11.4 Å². The van der Waals surface area contributed by atoms with Gasteiger partial charge < -0.3 is 15.8 Å². The second kappa shape index (κ2) is 5.44. The van der Waals surface area contributed by atoms with Crippen molar-refractivity contribution in [3.8, 4) is 0 Å². The van der Waals surface area contributed by atoms with E-state index in [1.807, 2.05) is 38.1 Å². The predicted octanol–water partition coefficient (Wildman–Crippen LogP) is 2.23. The van der Waals surface area contributed by atoms with Gasteiger partial charge in [-0.3, -0.25) is 4.79 Å². The Kier molecular flexibility index (Phi) is 4.04. The second-order valence-electron chi connectivity index (χ2n) is 6.37. The highest BCUT2D eigenvalue weighted by Crippen LogP contribution is 2.27. The van der Waals surface area contributed by atoms with Gasteiger partial charge in [0.05, 0.1) is 5.41 Å². The second-order valence-corrected chi connectivity index (χ2v) is 6.37. The predicted molar refractivity (Wildman–Crippen MR) is 80.5 cm³/mol. The van der Waals surface area contributed by atoms with Crippen molar-refractivity contribution in [1.29, 1.82) is 0 Å². The molecule has 3 N–H and O–H groups in total. The Hall–Kier alpha value is -1.55. The monoisotopic (exact) mass is 276 g/mol. The molecular formula is C16H24N2O2. The number of amides is 1. The lowest BCUT2D eigenvalue weighted by Gasteiger charge is -2.37. The van der Waals surface area contributed by atoms with E-state index in [2.05, 4.69) is 12.2 Å². The molecule has 4 heteroatoms. The Morgan fingerprint density at radius 2 is 1.80 bits per heavy atom. The van der Waals surface area contributed by atoms with Crippen molar-refractivity contribution in [2.45, 2.75) is 44.6 Å². The van der Waals surface area contributed by atoms with Crippen molar-refractivity contribution in [1.82, 2.24) is 5.32 Å². The van der Waals surface area contributed by atoms with Gasteiger partial charge in [0.25, 0.3) is 0 Å². The Morgan fingerprint density at radius 1 is 1.25 bits per heavy atom. The molecule has 0 atom stereocenters. The Bertz CT molecular complexity index is 474. The Labute approximate surface area is 120 Å². The van der Waals surface area contributed by atoms with Crippen LogP contribution >= 0.6 is 0 Å². The number of nitrogens with two attached hydrogens (primary N) is 1. The third-order valence-electron chi connectivity index (χ3n) is 4.21. The molecule has 0 spiro atoms. The van der Waals surface area contributed by atoms with Crippen molar-refractivity contribution in [3.05, 3.63) is 29.8 Å². The van der Waals surface area contributed by atoms with Gasteiger partial charge in [0.2, 0.25) is 5.91 Å². The van der Waals surface area contributed by atoms with Crippen molar-refractivity contribution in [2.75, 3.05) is 18.9 Å². The van der Waals surface area contributed by atoms with Gasteiger partial charge in [0.1, 0.15) is 0 Å². The zero-order valence-corrected chi connectivity index (χ0v) is 12.5. The van der Waals surface area contributed by atoms with Crippen LogP contribution in [-0.2, 0) is 14.9 Å². The van der Waals surface area contributed by atoms with Crippen LogP contribution in [0.25, 0.3) is 0 Å². The summed E-state index contributed by atoms with van der Waals surface area (Å²) in [6, 6.07) is 7.50. The molecule has 1 heterocycles. The summed E-state index contributed by atoms with van der Waals surface area (Å²) >= 11 is 0. The number of hydrogen-bond acceptors (Lipinski definition) is 3. The molecule has 0 aliphatic carbocycles. The molecule has 110 valence electrons. The lowest BCUT2D eigenvalue weighted by atomic mass is 9.82. The number of carbonyl (C=O) groups is 1. The minimum atomic E-state index is -0.574. The first kappa shape index (κ1) is 14.9. The summed E-state index contributed by atoms with van der Waals surface area (Å²) in [4.78, 5) is 12.6. The molecule has 1 saturated heterocycles. The SMILES string of the molecule is CC1(NC(=O)C(C)(C)c2ccc(N)cc2)CCOCC1. The molecule has 1 aromatic rings. The molecule has 0 aromatic heterocycles. The number of nitrogen functional groups attached to an aromatic ring is 1. The zero-order chi connectivity index (χ0) is 14.8. The van der Waals surface area contributed by atoms with Gasteiger partial charge in [0.15, 0.2) is 0 Å². The number of rotatable bonds is 3. The van der Waals surface area contributed by atoms with Gasteiger partial charge in [0, 0.05) is 24.4 Å². The first-order valence-corrected chi connectivity index (χ1v) is 7.10. The molecule has 1 fully saturated rings. The number of benzene rings is 1. The van der Waals surface area contributed by atoms with Crippen molar-refractivity contribution < 1.29 is 9.53 Å². The zero-order valence-electron chi connectivity index (χ0n) is 12.5. The van der Waals surface area contributed by atoms with E-state index >= 15 is 0 Å². The van der Waals surface area contributed by atoms with Crippen LogP contribution in [0.3, 0.4) is 0 Å². The minimum Gasteiger partial charge on any atom is -0.399 e. The van der Waals surface area contributed by atoms with Crippen molar-refractivity contribution in [2.24, 2.45) is 0 Å². The van der Waals surface area contributed by atoms with Crippen LogP contribution in [0.5, 0.6) is 0 Å². The van der Waals surface area contributed by atoms with Gasteiger partial charge in [-0.25, -0.2) is 0 Å². The lowest BCUT2D eigenvalue weighted by Crippen LogP contribution is -2.54. The van der Waals surface area contributed by atoms with Crippen LogP contribution in [0.4, 0.5) is 5.69 Å². The first-order valence-electron chi connectivity index (χ1n) is 7.10. The maximum Gasteiger partial charge on any atom is 0.230 e. The minimum absolute atomic E-state index is 0.0478. The molecule has 1 aliphatic heterocycles. The van der Waals surface area contributed by atoms with Gasteiger partial charge in [-0.15, -0.1) is 0 Å². The highest BCUT2D eigenvalue weighted by atomic mass is 16.5. The Morgan fingerprint density at radius 3 is 2.35 bits per heavy atom. The Balaban J connectivity index is 2.12. The molecule has 1 aliphatic rings. The highest BCUT2D eigenvalue weighted by molar-refractivity contribution is 5.88. The summed E-state index contributed by atoms with van der Waals surface area (Å²) in [5.74, 6) is 0.0478. The molecule has 0 radical (unpaired) electrons. The van der Waals surface area contributed by atoms with E-state index < -0.39 is 5.41 Å². The van der Waals surface area contributed by atoms with Crippen LogP contribution in [0.1, 0.15) is 39.2 Å². The maximum absolute atomic E-state index is 12.6. The van der Waals surface area contributed by atoms with Crippen LogP contribution in [0, 0.1) is 0 Å². The largest absolute Gasteiger partial charge is 0.399 e. The third-order valence-corrected chi connectivity index (χ3v) is 4.21. The molecule has 4 nitrogen and oxygen atoms in total. The first-order chi connectivity index (χ1) is 9.33. The summed E-state index contributed by atoms with van der Waals surface area (Å²) in [7, 11) is 0. The number of carbonyl (C=O) groups excluding carboxylic acids is 1. The van der Waals surface area contributed by atoms with E-state index in [4.69, 9.17) is 10.5 Å². The summed E-state index contributed by atoms with van der Waals surface area (Å²) in [5, 5.41) is 3.20. The van der Waals surface area contributed by atoms with E-state index in [1.165, 1.54) is 0 Å². The fraction of sp³-hybridized carbons (Fsp3) is 0.562. The fourth-order valence-electron chi connectivity index (χ4n) is 2.41. The number of hydrogen-bond donors (Lipinski definition) is 2. The molecule has 1 amide bonds. The average molecular weight is 276 g/mol. The number of nitrogens with one attached hydrogen (secondary N) is 1. The molecule has 0 unspecified atom stereocenters. The molecule has 2 rings (SSSR count). The quantitative estimate of drug-likeness (QED) is 0.832. The normalized spacial score (nSPS) is 18.6. The summed E-state index contributed by atoms with van der Waals surface area (Å²) < 4.78 is 5.36. The van der Waals surface area contributed by atoms with Gasteiger partial charge in [-0.05, 0) is 51.3 Å². The van der Waals surface area contributed by atoms with Crippen molar-refractivity contribution >= 4 is 11.6 Å². The topological polar surface area (TPSA) is 64.4 Å². The van der Waals surface area contributed by atoms with Crippen molar-refractivity contribution in [3.63, 3.8) is 0 Å². The molecule has 0 saturated carbocycles. The third kappa shape index (κ3) is 3.12. The average Bonchev–Trinajstić information content (AvgIpc) is 2.39. The molecular weight excluding hydrogens is 252 g/mol. The van der Waals surface area contributed by atoms with E-state index in [1.54, 1.807) is 0 Å². The molecule has 20 heavy (non-hydrogen) atoms. The summed E-state index contributed by atoms with van der Waals surface area (Å²) in [6.07, 6.45) is 1.72. The van der Waals surface area contributed by atoms with E-state index in [0.29, 0.717) is 18.9 Å². The van der Waals surface area contributed by atoms with Crippen LogP contribution in [-0.4, -0.2) is 24.7 Å². The lowest BCUT2D eigenvalue weighted by molar-refractivity contribution is -0.128. The fourth-order valence-corrected chi connectivity index (χ4v) is 2.41. The van der Waals surface area contributed by atoms with Gasteiger partial charge in [-0.1, -0.05) is 12.1 Å². The van der Waals surface area contributed by atoms with Crippen LogP contribution in [0.15, 0.2) is 24.3 Å². The summed E-state index contributed by atoms with van der Waals surface area (Å²) in [5.41, 5.74) is 6.64. The maximum atomic E-state index is 12.6. The number of anilines is 1. The highest BCUT2D eigenvalue weighted by Gasteiger charge is 2.36.